The number of aryl methyl sites for hydroxylation is 1. The highest BCUT2D eigenvalue weighted by Gasteiger charge is 2.69. The number of nitrogens with zero attached hydrogens (tertiary/aromatic N) is 1. The molecule has 1 fully saturated rings. The number of halogens is 2. The van der Waals surface area contributed by atoms with E-state index in [0.29, 0.717) is 13.0 Å². The summed E-state index contributed by atoms with van der Waals surface area (Å²) in [4.78, 5) is 14.6. The molecule has 1 amide bonds. The van der Waals surface area contributed by atoms with Crippen LogP contribution in [0.4, 0.5) is 5.69 Å². The largest absolute Gasteiger partial charge is 0.495 e. The number of ether oxygens (including phenoxy) is 1. The molecule has 0 N–H and O–H groups in total. The standard InChI is InChI=1S/C15H17Cl2NO2/c1-14(9-15(14,16)17)13(19)18-8-4-6-10-5-3-7-11(20-2)12(10)18/h3,5,7H,4,6,8-9H2,1-2H3/t14-/m1/s1. The Balaban J connectivity index is 2.01. The summed E-state index contributed by atoms with van der Waals surface area (Å²) in [7, 11) is 1.62. The molecule has 108 valence electrons. The molecule has 0 spiro atoms. The molecule has 1 saturated carbocycles. The Kier molecular flexibility index (Phi) is 3.18. The van der Waals surface area contributed by atoms with Crippen molar-refractivity contribution in [3.8, 4) is 5.75 Å². The lowest BCUT2D eigenvalue weighted by molar-refractivity contribution is -0.123. The lowest BCUT2D eigenvalue weighted by atomic mass is 9.98. The number of alkyl halides is 2. The summed E-state index contributed by atoms with van der Waals surface area (Å²) in [5, 5.41) is 0. The van der Waals surface area contributed by atoms with Crippen molar-refractivity contribution in [2.75, 3.05) is 18.6 Å². The number of methoxy groups -OCH3 is 1. The van der Waals surface area contributed by atoms with Crippen molar-refractivity contribution in [3.05, 3.63) is 23.8 Å². The Bertz CT molecular complexity index is 559. The normalized spacial score (nSPS) is 26.9. The number of para-hydroxylation sites is 1. The van der Waals surface area contributed by atoms with Gasteiger partial charge in [-0.05, 0) is 37.8 Å². The smallest absolute Gasteiger partial charge is 0.236 e. The van der Waals surface area contributed by atoms with E-state index in [9.17, 15) is 4.79 Å². The maximum atomic E-state index is 12.8. The first-order chi connectivity index (χ1) is 9.40. The molecular weight excluding hydrogens is 297 g/mol. The quantitative estimate of drug-likeness (QED) is 0.781. The fourth-order valence-corrected chi connectivity index (χ4v) is 3.61. The Morgan fingerprint density at radius 2 is 2.10 bits per heavy atom. The van der Waals surface area contributed by atoms with Crippen molar-refractivity contribution in [3.63, 3.8) is 0 Å². The zero-order valence-corrected chi connectivity index (χ0v) is 13.1. The Morgan fingerprint density at radius 1 is 1.40 bits per heavy atom. The summed E-state index contributed by atoms with van der Waals surface area (Å²) in [5.41, 5.74) is 1.33. The minimum Gasteiger partial charge on any atom is -0.495 e. The summed E-state index contributed by atoms with van der Waals surface area (Å²) >= 11 is 12.3. The molecular formula is C15H17Cl2NO2. The average molecular weight is 314 g/mol. The summed E-state index contributed by atoms with van der Waals surface area (Å²) in [6.07, 6.45) is 2.41. The third-order valence-electron chi connectivity index (χ3n) is 4.38. The third kappa shape index (κ3) is 1.91. The molecule has 3 nitrogen and oxygen atoms in total. The molecule has 20 heavy (non-hydrogen) atoms. The molecule has 1 aliphatic heterocycles. The SMILES string of the molecule is COc1cccc2c1N(C(=O)[C@@]1(C)CC1(Cl)Cl)CCC2. The van der Waals surface area contributed by atoms with Gasteiger partial charge in [-0.2, -0.15) is 0 Å². The van der Waals surface area contributed by atoms with E-state index in [1.54, 1.807) is 12.0 Å². The highest BCUT2D eigenvalue weighted by atomic mass is 35.5. The van der Waals surface area contributed by atoms with E-state index in [4.69, 9.17) is 27.9 Å². The zero-order valence-electron chi connectivity index (χ0n) is 11.6. The molecule has 0 aromatic heterocycles. The van der Waals surface area contributed by atoms with Gasteiger partial charge in [-0.3, -0.25) is 4.79 Å². The molecule has 1 atom stereocenters. The molecule has 1 heterocycles. The van der Waals surface area contributed by atoms with Crippen LogP contribution < -0.4 is 9.64 Å². The van der Waals surface area contributed by atoms with Crippen molar-refractivity contribution in [2.45, 2.75) is 30.5 Å². The van der Waals surface area contributed by atoms with Crippen LogP contribution in [0, 0.1) is 5.41 Å². The van der Waals surface area contributed by atoms with Gasteiger partial charge in [0.2, 0.25) is 5.91 Å². The minimum absolute atomic E-state index is 0.00653. The van der Waals surface area contributed by atoms with Gasteiger partial charge in [0, 0.05) is 6.54 Å². The summed E-state index contributed by atoms with van der Waals surface area (Å²) in [5.74, 6) is 0.725. The zero-order chi connectivity index (χ0) is 14.5. The van der Waals surface area contributed by atoms with Crippen LogP contribution in [0.3, 0.4) is 0 Å². The fraction of sp³-hybridized carbons (Fsp3) is 0.533. The summed E-state index contributed by atoms with van der Waals surface area (Å²) < 4.78 is 4.48. The number of benzene rings is 1. The van der Waals surface area contributed by atoms with Crippen LogP contribution in [0.2, 0.25) is 0 Å². The molecule has 1 aromatic carbocycles. The first-order valence-corrected chi connectivity index (χ1v) is 7.52. The van der Waals surface area contributed by atoms with Crippen LogP contribution in [0.15, 0.2) is 18.2 Å². The first-order valence-electron chi connectivity index (χ1n) is 6.76. The second kappa shape index (κ2) is 4.54. The van der Waals surface area contributed by atoms with Crippen LogP contribution in [-0.2, 0) is 11.2 Å². The second-order valence-corrected chi connectivity index (χ2v) is 7.23. The number of carbonyl (C=O) groups is 1. The number of anilines is 1. The summed E-state index contributed by atoms with van der Waals surface area (Å²) in [6.45, 7) is 2.52. The van der Waals surface area contributed by atoms with Gasteiger partial charge in [0.05, 0.1) is 18.2 Å². The van der Waals surface area contributed by atoms with E-state index < -0.39 is 9.75 Å². The highest BCUT2D eigenvalue weighted by Crippen LogP contribution is 2.65. The van der Waals surface area contributed by atoms with Gasteiger partial charge in [-0.15, -0.1) is 23.2 Å². The number of hydrogen-bond acceptors (Lipinski definition) is 2. The van der Waals surface area contributed by atoms with E-state index in [1.165, 1.54) is 0 Å². The maximum Gasteiger partial charge on any atom is 0.236 e. The Hall–Kier alpha value is -0.930. The predicted molar refractivity (Wildman–Crippen MR) is 80.8 cm³/mol. The van der Waals surface area contributed by atoms with Crippen LogP contribution in [0.5, 0.6) is 5.75 Å². The number of rotatable bonds is 2. The molecule has 3 rings (SSSR count). The van der Waals surface area contributed by atoms with Crippen LogP contribution in [0.25, 0.3) is 0 Å². The topological polar surface area (TPSA) is 29.5 Å². The van der Waals surface area contributed by atoms with E-state index in [1.807, 2.05) is 25.1 Å². The molecule has 5 heteroatoms. The first kappa shape index (κ1) is 14.0. The lowest BCUT2D eigenvalue weighted by Gasteiger charge is -2.33. The molecule has 0 unspecified atom stereocenters. The molecule has 2 aliphatic rings. The monoisotopic (exact) mass is 313 g/mol. The minimum atomic E-state index is -0.941. The molecule has 1 aliphatic carbocycles. The maximum absolute atomic E-state index is 12.8. The van der Waals surface area contributed by atoms with E-state index >= 15 is 0 Å². The second-order valence-electron chi connectivity index (χ2n) is 5.74. The van der Waals surface area contributed by atoms with Crippen LogP contribution in [0.1, 0.15) is 25.3 Å². The van der Waals surface area contributed by atoms with Gasteiger partial charge >= 0.3 is 0 Å². The van der Waals surface area contributed by atoms with Crippen molar-refractivity contribution < 1.29 is 9.53 Å². The van der Waals surface area contributed by atoms with Gasteiger partial charge < -0.3 is 9.64 Å². The Morgan fingerprint density at radius 3 is 2.70 bits per heavy atom. The van der Waals surface area contributed by atoms with Crippen molar-refractivity contribution in [1.82, 2.24) is 0 Å². The molecule has 0 saturated heterocycles. The highest BCUT2D eigenvalue weighted by molar-refractivity contribution is 6.53. The lowest BCUT2D eigenvalue weighted by Crippen LogP contribution is -2.41. The number of fused-ring (bicyclic) bond motifs is 1. The number of carbonyl (C=O) groups excluding carboxylic acids is 1. The van der Waals surface area contributed by atoms with Crippen LogP contribution >= 0.6 is 23.2 Å². The van der Waals surface area contributed by atoms with E-state index in [0.717, 1.165) is 29.8 Å². The van der Waals surface area contributed by atoms with Gasteiger partial charge in [-0.25, -0.2) is 0 Å². The molecule has 1 aromatic rings. The van der Waals surface area contributed by atoms with Crippen molar-refractivity contribution >= 4 is 34.8 Å². The van der Waals surface area contributed by atoms with E-state index in [2.05, 4.69) is 0 Å². The van der Waals surface area contributed by atoms with Gasteiger partial charge in [0.15, 0.2) is 0 Å². The van der Waals surface area contributed by atoms with Crippen molar-refractivity contribution in [1.29, 1.82) is 0 Å². The molecule has 0 bridgehead atoms. The van der Waals surface area contributed by atoms with Gasteiger partial charge in [-0.1, -0.05) is 12.1 Å². The average Bonchev–Trinajstić information content (AvgIpc) is 2.96. The number of amides is 1. The predicted octanol–water partition coefficient (Wildman–Crippen LogP) is 3.56. The van der Waals surface area contributed by atoms with Gasteiger partial charge in [0.1, 0.15) is 10.1 Å². The Labute approximate surface area is 128 Å². The van der Waals surface area contributed by atoms with Crippen molar-refractivity contribution in [2.24, 2.45) is 5.41 Å². The fourth-order valence-electron chi connectivity index (χ4n) is 2.91. The van der Waals surface area contributed by atoms with Gasteiger partial charge in [0.25, 0.3) is 0 Å². The summed E-state index contributed by atoms with van der Waals surface area (Å²) in [6, 6.07) is 5.88. The molecule has 0 radical (unpaired) electrons. The van der Waals surface area contributed by atoms with Crippen LogP contribution in [-0.4, -0.2) is 23.9 Å². The van der Waals surface area contributed by atoms with E-state index in [-0.39, 0.29) is 5.91 Å². The number of hydrogen-bond donors (Lipinski definition) is 0. The third-order valence-corrected chi connectivity index (χ3v) is 5.48.